The molecular weight excluding hydrogens is 628 g/mol. The summed E-state index contributed by atoms with van der Waals surface area (Å²) < 4.78 is 94.9. The average Bonchev–Trinajstić information content (AvgIpc) is 2.90. The molecule has 43 heavy (non-hydrogen) atoms. The van der Waals surface area contributed by atoms with Crippen molar-refractivity contribution in [1.29, 1.82) is 0 Å². The molecule has 0 amide bonds. The maximum atomic E-state index is 12.2. The van der Waals surface area contributed by atoms with Crippen molar-refractivity contribution in [2.75, 3.05) is 23.7 Å². The van der Waals surface area contributed by atoms with Crippen LogP contribution in [0.3, 0.4) is 0 Å². The second kappa shape index (κ2) is 11.3. The summed E-state index contributed by atoms with van der Waals surface area (Å²) in [5, 5.41) is 23.4. The molecule has 228 valence electrons. The number of rotatable bonds is 9. The van der Waals surface area contributed by atoms with Crippen LogP contribution in [0.4, 0.5) is 28.4 Å². The Labute approximate surface area is 245 Å². The summed E-state index contributed by atoms with van der Waals surface area (Å²) in [4.78, 5) is -1.65. The highest BCUT2D eigenvalue weighted by Gasteiger charge is 2.25. The number of nitrogens with zero attached hydrogens (tertiary/aromatic N) is 2. The molecule has 0 atom stereocenters. The molecule has 0 fully saturated rings. The van der Waals surface area contributed by atoms with Crippen molar-refractivity contribution in [3.05, 3.63) is 60.2 Å². The molecule has 0 heterocycles. The van der Waals surface area contributed by atoms with E-state index in [1.807, 2.05) is 0 Å². The molecule has 4 aromatic rings. The number of phenols is 1. The maximum absolute atomic E-state index is 12.2. The fourth-order valence-corrected chi connectivity index (χ4v) is 5.68. The van der Waals surface area contributed by atoms with Gasteiger partial charge in [-0.3, -0.25) is 9.11 Å². The van der Waals surface area contributed by atoms with Crippen LogP contribution < -0.4 is 26.5 Å². The monoisotopic (exact) mass is 652 g/mol. The van der Waals surface area contributed by atoms with E-state index >= 15 is 0 Å². The third-order valence-corrected chi connectivity index (χ3v) is 8.67. The van der Waals surface area contributed by atoms with Gasteiger partial charge in [-0.2, -0.15) is 16.8 Å². The molecule has 0 unspecified atom stereocenters. The van der Waals surface area contributed by atoms with Gasteiger partial charge in [-0.15, -0.1) is 10.2 Å². The first kappa shape index (κ1) is 31.4. The SMILES string of the molecule is COc1cc(NNc2ccc(S(N)(=O)=O)cc2)c(C)cc1/N=N/c1c(S(=O)(=O)O)cc2cc(S(=O)(=O)O)cc(N)c2c1O. The van der Waals surface area contributed by atoms with Crippen LogP contribution in [0.25, 0.3) is 10.8 Å². The standard InChI is InChI=1S/C24H24N6O10S3/c1-12-7-19(20(40-2)11-18(12)28-27-14-3-5-15(6-4-14)41(26,32)33)29-30-23-21(43(37,38)39)9-13-8-16(42(34,35)36)10-17(25)22(13)24(23)31/h3-11,27-28,31H,25H2,1-2H3,(H2,26,32,33)(H,34,35,36)(H,37,38,39)/b30-29+. The summed E-state index contributed by atoms with van der Waals surface area (Å²) in [5.74, 6) is -0.686. The quantitative estimate of drug-likeness (QED) is 0.0591. The van der Waals surface area contributed by atoms with Gasteiger partial charge in [0.1, 0.15) is 22.0 Å². The third-order valence-electron chi connectivity index (χ3n) is 6.04. The van der Waals surface area contributed by atoms with Gasteiger partial charge in [-0.1, -0.05) is 0 Å². The number of nitrogens with one attached hydrogen (secondary N) is 2. The van der Waals surface area contributed by atoms with Crippen LogP contribution in [0.15, 0.2) is 79.5 Å². The number of hydrazine groups is 1. The number of hydrogen-bond acceptors (Lipinski definition) is 13. The summed E-state index contributed by atoms with van der Waals surface area (Å²) >= 11 is 0. The van der Waals surface area contributed by atoms with E-state index in [9.17, 15) is 39.5 Å². The van der Waals surface area contributed by atoms with Gasteiger partial charge in [-0.25, -0.2) is 13.6 Å². The van der Waals surface area contributed by atoms with Gasteiger partial charge in [-0.05, 0) is 66.4 Å². The number of phenolic OH excluding ortho intramolecular Hbond substituents is 1. The molecule has 0 aliphatic carbocycles. The topological polar surface area (TPSA) is 273 Å². The minimum absolute atomic E-state index is 0.0641. The number of nitrogen functional groups attached to an aromatic ring is 1. The van der Waals surface area contributed by atoms with Crippen molar-refractivity contribution in [2.45, 2.75) is 21.6 Å². The average molecular weight is 653 g/mol. The van der Waals surface area contributed by atoms with Gasteiger partial charge in [0.05, 0.1) is 28.3 Å². The second-order valence-electron chi connectivity index (χ2n) is 8.99. The highest BCUT2D eigenvalue weighted by Crippen LogP contribution is 2.45. The summed E-state index contributed by atoms with van der Waals surface area (Å²) in [6.45, 7) is 1.69. The molecule has 4 aromatic carbocycles. The number of nitrogens with two attached hydrogens (primary N) is 2. The predicted molar refractivity (Wildman–Crippen MR) is 157 cm³/mol. The highest BCUT2D eigenvalue weighted by atomic mass is 32.2. The van der Waals surface area contributed by atoms with E-state index in [1.165, 1.54) is 43.5 Å². The van der Waals surface area contributed by atoms with E-state index in [1.54, 1.807) is 6.92 Å². The van der Waals surface area contributed by atoms with Crippen molar-refractivity contribution in [3.8, 4) is 11.5 Å². The van der Waals surface area contributed by atoms with E-state index in [2.05, 4.69) is 21.1 Å². The Hall–Kier alpha value is -4.53. The number of aromatic hydroxyl groups is 1. The van der Waals surface area contributed by atoms with Crippen LogP contribution in [0.5, 0.6) is 11.5 Å². The van der Waals surface area contributed by atoms with Crippen molar-refractivity contribution in [2.24, 2.45) is 15.4 Å². The predicted octanol–water partition coefficient (Wildman–Crippen LogP) is 3.44. The lowest BCUT2D eigenvalue weighted by Crippen LogP contribution is -2.13. The smallest absolute Gasteiger partial charge is 0.296 e. The zero-order valence-electron chi connectivity index (χ0n) is 22.2. The Bertz CT molecular complexity index is 2120. The first-order valence-electron chi connectivity index (χ1n) is 11.7. The number of hydrogen-bond donors (Lipinski definition) is 7. The molecule has 0 radical (unpaired) electrons. The molecule has 0 aliphatic rings. The van der Waals surface area contributed by atoms with Crippen molar-refractivity contribution in [3.63, 3.8) is 0 Å². The van der Waals surface area contributed by atoms with Gasteiger partial charge in [0.2, 0.25) is 10.0 Å². The van der Waals surface area contributed by atoms with Gasteiger partial charge in [0.25, 0.3) is 20.2 Å². The van der Waals surface area contributed by atoms with Crippen molar-refractivity contribution < 1.29 is 44.2 Å². The largest absolute Gasteiger partial charge is 0.505 e. The number of benzene rings is 4. The van der Waals surface area contributed by atoms with Crippen molar-refractivity contribution >= 4 is 69.5 Å². The zero-order chi connectivity index (χ0) is 31.9. The summed E-state index contributed by atoms with van der Waals surface area (Å²) in [6, 6.07) is 11.2. The minimum Gasteiger partial charge on any atom is -0.505 e. The Balaban J connectivity index is 1.73. The molecule has 0 aromatic heterocycles. The van der Waals surface area contributed by atoms with Crippen LogP contribution in [-0.2, 0) is 30.3 Å². The molecule has 19 heteroatoms. The molecule has 0 saturated carbocycles. The fraction of sp³-hybridized carbons (Fsp3) is 0.0833. The van der Waals surface area contributed by atoms with Crippen LogP contribution in [0, 0.1) is 6.92 Å². The molecule has 0 bridgehead atoms. The second-order valence-corrected chi connectivity index (χ2v) is 13.4. The number of fused-ring (bicyclic) bond motifs is 1. The van der Waals surface area contributed by atoms with Gasteiger partial charge in [0.15, 0.2) is 5.75 Å². The molecule has 0 spiro atoms. The van der Waals surface area contributed by atoms with E-state index in [-0.39, 0.29) is 32.8 Å². The first-order chi connectivity index (χ1) is 19.9. The Morgan fingerprint density at radius 1 is 0.837 bits per heavy atom. The third kappa shape index (κ3) is 6.77. The summed E-state index contributed by atoms with van der Waals surface area (Å²) in [6.07, 6.45) is 0. The summed E-state index contributed by atoms with van der Waals surface area (Å²) in [7, 11) is -12.3. The maximum Gasteiger partial charge on any atom is 0.296 e. The van der Waals surface area contributed by atoms with E-state index in [4.69, 9.17) is 15.6 Å². The number of primary sulfonamides is 1. The molecule has 4 rings (SSSR count). The normalized spacial score (nSPS) is 12.5. The lowest BCUT2D eigenvalue weighted by molar-refractivity contribution is 0.416. The molecule has 0 aliphatic heterocycles. The number of methoxy groups -OCH3 is 1. The Morgan fingerprint density at radius 2 is 1.49 bits per heavy atom. The highest BCUT2D eigenvalue weighted by molar-refractivity contribution is 7.89. The van der Waals surface area contributed by atoms with E-state index in [0.29, 0.717) is 16.9 Å². The van der Waals surface area contributed by atoms with Crippen LogP contribution in [0.1, 0.15) is 5.56 Å². The van der Waals surface area contributed by atoms with E-state index in [0.717, 1.165) is 18.2 Å². The van der Waals surface area contributed by atoms with Gasteiger partial charge in [0, 0.05) is 17.1 Å². The van der Waals surface area contributed by atoms with Crippen LogP contribution in [0.2, 0.25) is 0 Å². The van der Waals surface area contributed by atoms with Gasteiger partial charge >= 0.3 is 0 Å². The van der Waals surface area contributed by atoms with Crippen LogP contribution in [-0.4, -0.2) is 46.6 Å². The lowest BCUT2D eigenvalue weighted by atomic mass is 10.1. The van der Waals surface area contributed by atoms with E-state index < -0.39 is 51.5 Å². The van der Waals surface area contributed by atoms with Gasteiger partial charge < -0.3 is 26.4 Å². The summed E-state index contributed by atoms with van der Waals surface area (Å²) in [5.41, 5.74) is 12.3. The number of azo groups is 1. The number of sulfonamides is 1. The number of anilines is 3. The molecule has 9 N–H and O–H groups in total. The molecule has 0 saturated heterocycles. The molecular formula is C24H24N6O10S3. The van der Waals surface area contributed by atoms with Crippen LogP contribution >= 0.6 is 0 Å². The Morgan fingerprint density at radius 3 is 2.05 bits per heavy atom. The van der Waals surface area contributed by atoms with Crippen molar-refractivity contribution in [1.82, 2.24) is 0 Å². The first-order valence-corrected chi connectivity index (χ1v) is 16.1. The molecule has 16 nitrogen and oxygen atoms in total. The number of ether oxygens (including phenoxy) is 1. The fourth-order valence-electron chi connectivity index (χ4n) is 3.95. The minimum atomic E-state index is -5.04. The lowest BCUT2D eigenvalue weighted by Gasteiger charge is -2.15. The zero-order valence-corrected chi connectivity index (χ0v) is 24.6. The Kier molecular flexibility index (Phi) is 8.24. The number of aryl methyl sites for hydroxylation is 1.